The summed E-state index contributed by atoms with van der Waals surface area (Å²) in [6.07, 6.45) is 2.55. The molecule has 2 N–H and O–H groups in total. The number of ether oxygens (including phenoxy) is 1. The van der Waals surface area contributed by atoms with Gasteiger partial charge in [-0.25, -0.2) is 0 Å². The predicted molar refractivity (Wildman–Crippen MR) is 65.8 cm³/mol. The fourth-order valence-electron chi connectivity index (χ4n) is 2.40. The topological polar surface area (TPSA) is 62.7 Å². The summed E-state index contributed by atoms with van der Waals surface area (Å²) < 4.78 is 5.62. The standard InChI is InChI=1S/C12H21N3O2/c1-4-9-7-12(5-6-17-9)10(16)14-11(15-12)13-8(2)3/h8-9H,4-7H2,1-3H3,(H2,13,14,15,16). The van der Waals surface area contributed by atoms with Crippen LogP contribution in [0.2, 0.25) is 0 Å². The minimum atomic E-state index is -0.493. The second kappa shape index (κ2) is 4.64. The largest absolute Gasteiger partial charge is 0.378 e. The molecule has 2 unspecified atom stereocenters. The summed E-state index contributed by atoms with van der Waals surface area (Å²) in [6, 6.07) is 0.176. The zero-order chi connectivity index (χ0) is 12.5. The van der Waals surface area contributed by atoms with Crippen molar-refractivity contribution in [3.63, 3.8) is 0 Å². The molecule has 0 saturated carbocycles. The van der Waals surface area contributed by atoms with Crippen LogP contribution in [0.4, 0.5) is 0 Å². The summed E-state index contributed by atoms with van der Waals surface area (Å²) in [5.41, 5.74) is -0.493. The number of hydrogen-bond acceptors (Lipinski definition) is 3. The number of guanidine groups is 1. The van der Waals surface area contributed by atoms with Crippen LogP contribution >= 0.6 is 0 Å². The molecule has 0 aromatic rings. The van der Waals surface area contributed by atoms with Gasteiger partial charge < -0.3 is 10.1 Å². The fraction of sp³-hybridized carbons (Fsp3) is 0.833. The third-order valence-electron chi connectivity index (χ3n) is 3.33. The molecule has 2 rings (SSSR count). The lowest BCUT2D eigenvalue weighted by molar-refractivity contribution is -0.129. The molecule has 2 saturated heterocycles. The van der Waals surface area contributed by atoms with E-state index in [4.69, 9.17) is 4.74 Å². The lowest BCUT2D eigenvalue weighted by atomic mass is 9.86. The van der Waals surface area contributed by atoms with Crippen molar-refractivity contribution in [2.45, 2.75) is 57.7 Å². The molecule has 0 bridgehead atoms. The van der Waals surface area contributed by atoms with Gasteiger partial charge in [0.1, 0.15) is 5.54 Å². The molecule has 2 fully saturated rings. The van der Waals surface area contributed by atoms with Gasteiger partial charge in [0.05, 0.1) is 6.10 Å². The van der Waals surface area contributed by atoms with Crippen LogP contribution < -0.4 is 10.6 Å². The molecule has 5 nitrogen and oxygen atoms in total. The summed E-state index contributed by atoms with van der Waals surface area (Å²) in [6.45, 7) is 6.70. The van der Waals surface area contributed by atoms with Crippen LogP contribution in [0.25, 0.3) is 0 Å². The molecule has 0 aliphatic carbocycles. The SMILES string of the molecule is CCC1CC2(CCO1)NC(=NC(C)C)NC2=O. The highest BCUT2D eigenvalue weighted by molar-refractivity contribution is 6.09. The van der Waals surface area contributed by atoms with Crippen molar-refractivity contribution >= 4 is 11.9 Å². The molecule has 0 aromatic carbocycles. The van der Waals surface area contributed by atoms with Crippen LogP contribution in [0, 0.1) is 0 Å². The van der Waals surface area contributed by atoms with E-state index >= 15 is 0 Å². The van der Waals surface area contributed by atoms with E-state index in [0.717, 1.165) is 12.8 Å². The lowest BCUT2D eigenvalue weighted by Gasteiger charge is -2.35. The van der Waals surface area contributed by atoms with E-state index in [-0.39, 0.29) is 18.1 Å². The third-order valence-corrected chi connectivity index (χ3v) is 3.33. The number of nitrogens with one attached hydrogen (secondary N) is 2. The van der Waals surface area contributed by atoms with Crippen LogP contribution in [-0.4, -0.2) is 36.2 Å². The summed E-state index contributed by atoms with van der Waals surface area (Å²) >= 11 is 0. The van der Waals surface area contributed by atoms with Crippen molar-refractivity contribution in [2.75, 3.05) is 6.61 Å². The Labute approximate surface area is 102 Å². The van der Waals surface area contributed by atoms with E-state index in [1.165, 1.54) is 0 Å². The first-order valence-corrected chi connectivity index (χ1v) is 6.35. The molecule has 0 aromatic heterocycles. The molecule has 0 radical (unpaired) electrons. The summed E-state index contributed by atoms with van der Waals surface area (Å²) in [5.74, 6) is 0.653. The van der Waals surface area contributed by atoms with Gasteiger partial charge in [0.25, 0.3) is 5.91 Å². The molecule has 2 atom stereocenters. The van der Waals surface area contributed by atoms with E-state index in [9.17, 15) is 4.79 Å². The maximum Gasteiger partial charge on any atom is 0.252 e. The maximum atomic E-state index is 12.1. The van der Waals surface area contributed by atoms with Gasteiger partial charge in [0, 0.05) is 25.5 Å². The average molecular weight is 239 g/mol. The van der Waals surface area contributed by atoms with Gasteiger partial charge in [-0.2, -0.15) is 0 Å². The Kier molecular flexibility index (Phi) is 3.38. The fourth-order valence-corrected chi connectivity index (χ4v) is 2.40. The van der Waals surface area contributed by atoms with E-state index in [2.05, 4.69) is 22.5 Å². The monoisotopic (exact) mass is 239 g/mol. The van der Waals surface area contributed by atoms with Crippen molar-refractivity contribution in [1.29, 1.82) is 0 Å². The Balaban J connectivity index is 2.13. The molecule has 1 amide bonds. The highest BCUT2D eigenvalue weighted by atomic mass is 16.5. The number of carbonyl (C=O) groups excluding carboxylic acids is 1. The first kappa shape index (κ1) is 12.4. The Hall–Kier alpha value is -1.10. The molecule has 2 heterocycles. The van der Waals surface area contributed by atoms with Crippen LogP contribution in [0.1, 0.15) is 40.0 Å². The van der Waals surface area contributed by atoms with Gasteiger partial charge in [-0.3, -0.25) is 15.1 Å². The number of hydrogen-bond donors (Lipinski definition) is 2. The zero-order valence-electron chi connectivity index (χ0n) is 10.7. The van der Waals surface area contributed by atoms with E-state index in [0.29, 0.717) is 19.0 Å². The summed E-state index contributed by atoms with van der Waals surface area (Å²) in [7, 11) is 0. The highest BCUT2D eigenvalue weighted by Crippen LogP contribution is 2.29. The Morgan fingerprint density at radius 1 is 1.59 bits per heavy atom. The highest BCUT2D eigenvalue weighted by Gasteiger charge is 2.48. The lowest BCUT2D eigenvalue weighted by Crippen LogP contribution is -2.53. The van der Waals surface area contributed by atoms with Crippen molar-refractivity contribution in [1.82, 2.24) is 10.6 Å². The minimum absolute atomic E-state index is 0.0404. The molecule has 17 heavy (non-hydrogen) atoms. The van der Waals surface area contributed by atoms with E-state index < -0.39 is 5.54 Å². The molecule has 96 valence electrons. The van der Waals surface area contributed by atoms with Crippen LogP contribution in [0.15, 0.2) is 4.99 Å². The molecule has 2 aliphatic heterocycles. The third kappa shape index (κ3) is 2.44. The van der Waals surface area contributed by atoms with Crippen molar-refractivity contribution in [2.24, 2.45) is 4.99 Å². The molecule has 1 spiro atoms. The van der Waals surface area contributed by atoms with Gasteiger partial charge in [-0.15, -0.1) is 0 Å². The summed E-state index contributed by atoms with van der Waals surface area (Å²) in [4.78, 5) is 16.5. The summed E-state index contributed by atoms with van der Waals surface area (Å²) in [5, 5.41) is 6.10. The van der Waals surface area contributed by atoms with Crippen LogP contribution in [0.3, 0.4) is 0 Å². The van der Waals surface area contributed by atoms with Gasteiger partial charge in [-0.05, 0) is 20.3 Å². The number of amides is 1. The second-order valence-corrected chi connectivity index (χ2v) is 5.09. The maximum absolute atomic E-state index is 12.1. The molecular weight excluding hydrogens is 218 g/mol. The molecular formula is C12H21N3O2. The molecule has 2 aliphatic rings. The Bertz CT molecular complexity index is 341. The van der Waals surface area contributed by atoms with E-state index in [1.54, 1.807) is 0 Å². The quantitative estimate of drug-likeness (QED) is 0.749. The molecule has 5 heteroatoms. The average Bonchev–Trinajstić information content (AvgIpc) is 2.54. The number of aliphatic imine (C=N–C) groups is 1. The first-order chi connectivity index (χ1) is 8.05. The first-order valence-electron chi connectivity index (χ1n) is 6.35. The predicted octanol–water partition coefficient (Wildman–Crippen LogP) is 0.798. The number of rotatable bonds is 2. The zero-order valence-corrected chi connectivity index (χ0v) is 10.7. The Morgan fingerprint density at radius 3 is 3.00 bits per heavy atom. The van der Waals surface area contributed by atoms with E-state index in [1.807, 2.05) is 13.8 Å². The Morgan fingerprint density at radius 2 is 2.35 bits per heavy atom. The van der Waals surface area contributed by atoms with Gasteiger partial charge in [-0.1, -0.05) is 6.92 Å². The van der Waals surface area contributed by atoms with Crippen molar-refractivity contribution in [3.8, 4) is 0 Å². The van der Waals surface area contributed by atoms with Gasteiger partial charge in [0.2, 0.25) is 0 Å². The number of nitrogens with zero attached hydrogens (tertiary/aromatic N) is 1. The normalized spacial score (nSPS) is 35.4. The minimum Gasteiger partial charge on any atom is -0.378 e. The van der Waals surface area contributed by atoms with Crippen LogP contribution in [0.5, 0.6) is 0 Å². The number of carbonyl (C=O) groups is 1. The van der Waals surface area contributed by atoms with Gasteiger partial charge >= 0.3 is 0 Å². The van der Waals surface area contributed by atoms with Gasteiger partial charge in [0.15, 0.2) is 5.96 Å². The second-order valence-electron chi connectivity index (χ2n) is 5.09. The van der Waals surface area contributed by atoms with Crippen molar-refractivity contribution < 1.29 is 9.53 Å². The van der Waals surface area contributed by atoms with Crippen LogP contribution in [-0.2, 0) is 9.53 Å². The van der Waals surface area contributed by atoms with Crippen molar-refractivity contribution in [3.05, 3.63) is 0 Å². The smallest absolute Gasteiger partial charge is 0.252 e.